The molecule has 2 atom stereocenters. The smallest absolute Gasteiger partial charge is 0.248 e. The summed E-state index contributed by atoms with van der Waals surface area (Å²) < 4.78 is 32.3. The van der Waals surface area contributed by atoms with Gasteiger partial charge in [-0.15, -0.1) is 0 Å². The quantitative estimate of drug-likeness (QED) is 0.534. The number of hydrogen-bond donors (Lipinski definition) is 3. The van der Waals surface area contributed by atoms with E-state index in [1.807, 2.05) is 12.1 Å². The molecule has 0 saturated heterocycles. The number of amides is 1. The number of fused-ring (bicyclic) bond motifs is 1. The van der Waals surface area contributed by atoms with Crippen molar-refractivity contribution in [2.75, 3.05) is 20.2 Å². The third kappa shape index (κ3) is 5.47. The van der Waals surface area contributed by atoms with Gasteiger partial charge in [0.1, 0.15) is 11.6 Å². The van der Waals surface area contributed by atoms with Gasteiger partial charge in [-0.25, -0.2) is 8.78 Å². The summed E-state index contributed by atoms with van der Waals surface area (Å²) in [5.41, 5.74) is 8.60. The number of methoxy groups -OCH3 is 1. The Morgan fingerprint density at radius 3 is 2.52 bits per heavy atom. The fourth-order valence-corrected chi connectivity index (χ4v) is 4.50. The van der Waals surface area contributed by atoms with E-state index in [-0.39, 0.29) is 17.6 Å². The third-order valence-electron chi connectivity index (χ3n) is 6.11. The molecule has 0 radical (unpaired) electrons. The van der Waals surface area contributed by atoms with Crippen LogP contribution in [-0.2, 0) is 23.1 Å². The largest absolute Gasteiger partial charge is 0.379 e. The number of hydrogen-bond acceptors (Lipinski definition) is 4. The standard InChI is InChI=1S/C24H31F2N3O2/c1-24(2)20-11-17(23(27)30)6-5-16(20)12-21(31-3)22(24)29-8-4-7-28-14-15-9-18(25)13-19(26)10-15/h5-6,9-11,13,21-22,28-29H,4,7-8,12,14H2,1-3H3,(H2,27,30). The number of halogens is 2. The lowest BCUT2D eigenvalue weighted by Gasteiger charge is -2.45. The summed E-state index contributed by atoms with van der Waals surface area (Å²) >= 11 is 0. The number of rotatable bonds is 9. The summed E-state index contributed by atoms with van der Waals surface area (Å²) in [6, 6.07) is 9.24. The summed E-state index contributed by atoms with van der Waals surface area (Å²) in [4.78, 5) is 11.6. The highest BCUT2D eigenvalue weighted by molar-refractivity contribution is 5.93. The predicted octanol–water partition coefficient (Wildman–Crippen LogP) is 3.05. The molecule has 5 nitrogen and oxygen atoms in total. The van der Waals surface area contributed by atoms with Crippen LogP contribution in [0.3, 0.4) is 0 Å². The van der Waals surface area contributed by atoms with Crippen molar-refractivity contribution >= 4 is 5.91 Å². The van der Waals surface area contributed by atoms with Crippen LogP contribution in [0.4, 0.5) is 8.78 Å². The molecular formula is C24H31F2N3O2. The van der Waals surface area contributed by atoms with Gasteiger partial charge in [0.05, 0.1) is 6.10 Å². The molecule has 7 heteroatoms. The molecule has 1 aliphatic carbocycles. The first-order valence-electron chi connectivity index (χ1n) is 10.6. The molecule has 0 spiro atoms. The van der Waals surface area contributed by atoms with Gasteiger partial charge in [-0.05, 0) is 60.5 Å². The molecule has 31 heavy (non-hydrogen) atoms. The highest BCUT2D eigenvalue weighted by Gasteiger charge is 2.42. The number of carbonyl (C=O) groups excluding carboxylic acids is 1. The molecule has 0 saturated carbocycles. The van der Waals surface area contributed by atoms with Gasteiger partial charge in [-0.1, -0.05) is 19.9 Å². The summed E-state index contributed by atoms with van der Waals surface area (Å²) in [5.74, 6) is -1.56. The molecule has 0 aromatic heterocycles. The zero-order valence-electron chi connectivity index (χ0n) is 18.3. The van der Waals surface area contributed by atoms with Gasteiger partial charge in [0, 0.05) is 43.2 Å². The molecule has 2 aromatic rings. The molecule has 0 heterocycles. The minimum absolute atomic E-state index is 0.00477. The van der Waals surface area contributed by atoms with Crippen LogP contribution >= 0.6 is 0 Å². The fourth-order valence-electron chi connectivity index (χ4n) is 4.50. The Morgan fingerprint density at radius 2 is 1.87 bits per heavy atom. The van der Waals surface area contributed by atoms with E-state index in [1.165, 1.54) is 17.7 Å². The molecule has 1 amide bonds. The lowest BCUT2D eigenvalue weighted by Crippen LogP contribution is -2.57. The van der Waals surface area contributed by atoms with E-state index in [0.29, 0.717) is 24.2 Å². The van der Waals surface area contributed by atoms with Gasteiger partial charge in [-0.2, -0.15) is 0 Å². The van der Waals surface area contributed by atoms with Crippen LogP contribution in [0, 0.1) is 11.6 Å². The number of benzene rings is 2. The van der Waals surface area contributed by atoms with E-state index in [9.17, 15) is 13.6 Å². The molecule has 168 valence electrons. The molecule has 2 aromatic carbocycles. The van der Waals surface area contributed by atoms with Crippen LogP contribution in [0.2, 0.25) is 0 Å². The maximum Gasteiger partial charge on any atom is 0.248 e. The van der Waals surface area contributed by atoms with Gasteiger partial charge >= 0.3 is 0 Å². The van der Waals surface area contributed by atoms with Gasteiger partial charge in [0.25, 0.3) is 0 Å². The van der Waals surface area contributed by atoms with Crippen molar-refractivity contribution in [3.8, 4) is 0 Å². The molecule has 0 aliphatic heterocycles. The predicted molar refractivity (Wildman–Crippen MR) is 117 cm³/mol. The molecule has 0 bridgehead atoms. The molecule has 0 fully saturated rings. The second kappa shape index (κ2) is 9.85. The van der Waals surface area contributed by atoms with Gasteiger partial charge in [0.2, 0.25) is 5.91 Å². The summed E-state index contributed by atoms with van der Waals surface area (Å²) in [5, 5.41) is 6.84. The van der Waals surface area contributed by atoms with E-state index in [0.717, 1.165) is 31.0 Å². The highest BCUT2D eigenvalue weighted by atomic mass is 19.1. The number of primary amides is 1. The number of nitrogens with one attached hydrogen (secondary N) is 2. The summed E-state index contributed by atoms with van der Waals surface area (Å²) in [7, 11) is 1.72. The first kappa shape index (κ1) is 23.3. The van der Waals surface area contributed by atoms with Crippen molar-refractivity contribution in [2.24, 2.45) is 5.73 Å². The van der Waals surface area contributed by atoms with Crippen LogP contribution in [0.15, 0.2) is 36.4 Å². The molecule has 3 rings (SSSR count). The van der Waals surface area contributed by atoms with Crippen LogP contribution in [-0.4, -0.2) is 38.3 Å². The van der Waals surface area contributed by atoms with Crippen molar-refractivity contribution in [1.29, 1.82) is 0 Å². The Labute approximate surface area is 182 Å². The minimum Gasteiger partial charge on any atom is -0.379 e. The van der Waals surface area contributed by atoms with Crippen molar-refractivity contribution in [3.05, 3.63) is 70.3 Å². The van der Waals surface area contributed by atoms with Gasteiger partial charge in [0.15, 0.2) is 0 Å². The Hall–Kier alpha value is -2.35. The maximum absolute atomic E-state index is 13.3. The Balaban J connectivity index is 1.57. The van der Waals surface area contributed by atoms with E-state index in [2.05, 4.69) is 24.5 Å². The summed E-state index contributed by atoms with van der Waals surface area (Å²) in [6.45, 7) is 6.17. The average molecular weight is 432 g/mol. The monoisotopic (exact) mass is 431 g/mol. The van der Waals surface area contributed by atoms with E-state index in [4.69, 9.17) is 10.5 Å². The van der Waals surface area contributed by atoms with Crippen molar-refractivity contribution in [1.82, 2.24) is 10.6 Å². The third-order valence-corrected chi connectivity index (χ3v) is 6.11. The molecular weight excluding hydrogens is 400 g/mol. The van der Waals surface area contributed by atoms with Crippen molar-refractivity contribution in [3.63, 3.8) is 0 Å². The van der Waals surface area contributed by atoms with Crippen LogP contribution < -0.4 is 16.4 Å². The fraction of sp³-hybridized carbons (Fsp3) is 0.458. The van der Waals surface area contributed by atoms with E-state index >= 15 is 0 Å². The second-order valence-electron chi connectivity index (χ2n) is 8.68. The number of ether oxygens (including phenoxy) is 1. The van der Waals surface area contributed by atoms with E-state index in [1.54, 1.807) is 13.2 Å². The lowest BCUT2D eigenvalue weighted by molar-refractivity contribution is 0.0356. The molecule has 1 aliphatic rings. The topological polar surface area (TPSA) is 76.4 Å². The van der Waals surface area contributed by atoms with Crippen LogP contribution in [0.25, 0.3) is 0 Å². The van der Waals surface area contributed by atoms with Crippen molar-refractivity contribution < 1.29 is 18.3 Å². The lowest BCUT2D eigenvalue weighted by atomic mass is 9.67. The Morgan fingerprint density at radius 1 is 1.16 bits per heavy atom. The van der Waals surface area contributed by atoms with Gasteiger partial charge < -0.3 is 21.1 Å². The summed E-state index contributed by atoms with van der Waals surface area (Å²) in [6.07, 6.45) is 1.61. The number of nitrogens with two attached hydrogens (primary N) is 1. The first-order chi connectivity index (χ1) is 14.7. The Kier molecular flexibility index (Phi) is 7.41. The zero-order valence-corrected chi connectivity index (χ0v) is 18.3. The average Bonchev–Trinajstić information content (AvgIpc) is 2.70. The van der Waals surface area contributed by atoms with Crippen molar-refractivity contribution in [2.45, 2.75) is 50.8 Å². The number of carbonyl (C=O) groups is 1. The minimum atomic E-state index is -0.566. The maximum atomic E-state index is 13.3. The normalized spacial score (nSPS) is 19.8. The highest BCUT2D eigenvalue weighted by Crippen LogP contribution is 2.38. The first-order valence-corrected chi connectivity index (χ1v) is 10.6. The molecule has 2 unspecified atom stereocenters. The van der Waals surface area contributed by atoms with Gasteiger partial charge in [-0.3, -0.25) is 4.79 Å². The second-order valence-corrected chi connectivity index (χ2v) is 8.68. The van der Waals surface area contributed by atoms with Crippen LogP contribution in [0.1, 0.15) is 47.3 Å². The zero-order chi connectivity index (χ0) is 22.6. The molecule has 4 N–H and O–H groups in total. The Bertz CT molecular complexity index is 913. The van der Waals surface area contributed by atoms with E-state index < -0.39 is 17.5 Å². The van der Waals surface area contributed by atoms with Crippen LogP contribution in [0.5, 0.6) is 0 Å². The SMILES string of the molecule is COC1Cc2ccc(C(N)=O)cc2C(C)(C)C1NCCCNCc1cc(F)cc(F)c1.